The summed E-state index contributed by atoms with van der Waals surface area (Å²) in [4.78, 5) is 0. The van der Waals surface area contributed by atoms with Gasteiger partial charge < -0.3 is 9.47 Å². The first-order valence-electron chi connectivity index (χ1n) is 8.56. The van der Waals surface area contributed by atoms with Crippen molar-refractivity contribution in [3.05, 3.63) is 41.5 Å². The minimum absolute atomic E-state index is 0.134. The molecule has 1 saturated heterocycles. The number of hydrogen-bond donors (Lipinski definition) is 0. The Morgan fingerprint density at radius 1 is 1.27 bits per heavy atom. The quantitative estimate of drug-likeness (QED) is 0.692. The van der Waals surface area contributed by atoms with E-state index in [2.05, 4.69) is 58.0 Å². The van der Waals surface area contributed by atoms with Gasteiger partial charge in [-0.05, 0) is 59.4 Å². The zero-order valence-electron chi connectivity index (χ0n) is 14.3. The topological polar surface area (TPSA) is 18.5 Å². The second-order valence-corrected chi connectivity index (χ2v) is 7.32. The average molecular weight is 300 g/mol. The van der Waals surface area contributed by atoms with E-state index in [9.17, 15) is 0 Å². The van der Waals surface area contributed by atoms with Gasteiger partial charge in [0, 0.05) is 11.5 Å². The predicted octanol–water partition coefficient (Wildman–Crippen LogP) is 5.44. The zero-order valence-corrected chi connectivity index (χ0v) is 14.3. The molecule has 0 radical (unpaired) electrons. The van der Waals surface area contributed by atoms with Gasteiger partial charge in [0.05, 0.1) is 12.2 Å². The van der Waals surface area contributed by atoms with E-state index in [4.69, 9.17) is 9.47 Å². The first kappa shape index (κ1) is 15.6. The van der Waals surface area contributed by atoms with Crippen LogP contribution >= 0.6 is 0 Å². The highest BCUT2D eigenvalue weighted by atomic mass is 16.5. The molecular formula is C20H28O2. The van der Waals surface area contributed by atoms with Crippen molar-refractivity contribution in [2.24, 2.45) is 5.92 Å². The summed E-state index contributed by atoms with van der Waals surface area (Å²) in [6.45, 7) is 8.79. The van der Waals surface area contributed by atoms with Gasteiger partial charge in [-0.1, -0.05) is 29.8 Å². The molecule has 3 rings (SSSR count). The summed E-state index contributed by atoms with van der Waals surface area (Å²) in [5.41, 5.74) is 2.48. The van der Waals surface area contributed by atoms with E-state index in [0.29, 0.717) is 12.0 Å². The van der Waals surface area contributed by atoms with Gasteiger partial charge in [-0.3, -0.25) is 0 Å². The van der Waals surface area contributed by atoms with Crippen molar-refractivity contribution in [1.29, 1.82) is 0 Å². The fourth-order valence-corrected chi connectivity index (χ4v) is 3.91. The molecule has 2 heterocycles. The number of hydrogen-bond acceptors (Lipinski definition) is 2. The lowest BCUT2D eigenvalue weighted by molar-refractivity contribution is -0.152. The van der Waals surface area contributed by atoms with Crippen molar-refractivity contribution in [2.45, 2.75) is 71.2 Å². The van der Waals surface area contributed by atoms with E-state index in [1.807, 2.05) is 0 Å². The summed E-state index contributed by atoms with van der Waals surface area (Å²) in [7, 11) is 0. The van der Waals surface area contributed by atoms with Gasteiger partial charge in [-0.15, -0.1) is 0 Å². The van der Waals surface area contributed by atoms with Crippen LogP contribution in [-0.2, 0) is 4.74 Å². The summed E-state index contributed by atoms with van der Waals surface area (Å²) >= 11 is 0. The third kappa shape index (κ3) is 2.94. The number of para-hydroxylation sites is 1. The maximum atomic E-state index is 6.50. The van der Waals surface area contributed by atoms with Gasteiger partial charge >= 0.3 is 0 Å². The van der Waals surface area contributed by atoms with Crippen LogP contribution in [0.3, 0.4) is 0 Å². The van der Waals surface area contributed by atoms with Crippen LogP contribution in [0.2, 0.25) is 0 Å². The molecule has 2 nitrogen and oxygen atoms in total. The SMILES string of the molecule is CC(C)=CCCC1(C)Oc2ccccc2C2OC(C)CCC21. The fraction of sp³-hybridized carbons (Fsp3) is 0.600. The molecule has 0 bridgehead atoms. The maximum Gasteiger partial charge on any atom is 0.125 e. The number of allylic oxidation sites excluding steroid dienone is 2. The zero-order chi connectivity index (χ0) is 15.7. The van der Waals surface area contributed by atoms with Gasteiger partial charge in [0.25, 0.3) is 0 Å². The van der Waals surface area contributed by atoms with Crippen molar-refractivity contribution in [1.82, 2.24) is 0 Å². The number of rotatable bonds is 3. The second-order valence-electron chi connectivity index (χ2n) is 7.32. The monoisotopic (exact) mass is 300 g/mol. The smallest absolute Gasteiger partial charge is 0.125 e. The summed E-state index contributed by atoms with van der Waals surface area (Å²) in [6, 6.07) is 8.41. The highest BCUT2D eigenvalue weighted by Crippen LogP contribution is 2.51. The summed E-state index contributed by atoms with van der Waals surface area (Å²) < 4.78 is 12.8. The number of benzene rings is 1. The van der Waals surface area contributed by atoms with E-state index >= 15 is 0 Å². The van der Waals surface area contributed by atoms with Crippen LogP contribution in [0.4, 0.5) is 0 Å². The van der Waals surface area contributed by atoms with Gasteiger partial charge in [-0.2, -0.15) is 0 Å². The predicted molar refractivity (Wildman–Crippen MR) is 90.2 cm³/mol. The van der Waals surface area contributed by atoms with Crippen molar-refractivity contribution < 1.29 is 9.47 Å². The Hall–Kier alpha value is -1.28. The largest absolute Gasteiger partial charge is 0.487 e. The Balaban J connectivity index is 1.90. The molecule has 120 valence electrons. The minimum Gasteiger partial charge on any atom is -0.487 e. The Morgan fingerprint density at radius 2 is 2.05 bits per heavy atom. The molecule has 0 aliphatic carbocycles. The molecule has 0 saturated carbocycles. The molecule has 0 aromatic heterocycles. The molecule has 1 aromatic rings. The molecule has 0 N–H and O–H groups in total. The first-order valence-corrected chi connectivity index (χ1v) is 8.56. The van der Waals surface area contributed by atoms with Crippen LogP contribution in [0.15, 0.2) is 35.9 Å². The van der Waals surface area contributed by atoms with Crippen molar-refractivity contribution in [3.63, 3.8) is 0 Å². The highest BCUT2D eigenvalue weighted by molar-refractivity contribution is 5.39. The molecule has 22 heavy (non-hydrogen) atoms. The fourth-order valence-electron chi connectivity index (χ4n) is 3.91. The molecule has 1 aromatic carbocycles. The van der Waals surface area contributed by atoms with Gasteiger partial charge in [-0.25, -0.2) is 0 Å². The summed E-state index contributed by atoms with van der Waals surface area (Å²) in [6.07, 6.45) is 7.28. The van der Waals surface area contributed by atoms with Crippen LogP contribution in [0, 0.1) is 5.92 Å². The summed E-state index contributed by atoms with van der Waals surface area (Å²) in [5, 5.41) is 0. The Labute approximate surface area is 134 Å². The van der Waals surface area contributed by atoms with Crippen molar-refractivity contribution >= 4 is 0 Å². The molecule has 2 aliphatic heterocycles. The van der Waals surface area contributed by atoms with Crippen LogP contribution < -0.4 is 4.74 Å². The van der Waals surface area contributed by atoms with E-state index < -0.39 is 0 Å². The number of ether oxygens (including phenoxy) is 2. The molecule has 4 unspecified atom stereocenters. The number of fused-ring (bicyclic) bond motifs is 3. The Morgan fingerprint density at radius 3 is 2.82 bits per heavy atom. The molecule has 4 atom stereocenters. The molecule has 2 heteroatoms. The van der Waals surface area contributed by atoms with Gasteiger partial charge in [0.2, 0.25) is 0 Å². The minimum atomic E-state index is -0.134. The van der Waals surface area contributed by atoms with Crippen molar-refractivity contribution in [2.75, 3.05) is 0 Å². The standard InChI is InChI=1S/C20H28O2/c1-14(2)8-7-13-20(4)17-12-11-15(3)21-19(17)16-9-5-6-10-18(16)22-20/h5-6,8-10,15,17,19H,7,11-13H2,1-4H3. The summed E-state index contributed by atoms with van der Waals surface area (Å²) in [5.74, 6) is 1.46. The van der Waals surface area contributed by atoms with Gasteiger partial charge in [0.15, 0.2) is 0 Å². The van der Waals surface area contributed by atoms with Crippen LogP contribution in [0.5, 0.6) is 5.75 Å². The molecular weight excluding hydrogens is 272 g/mol. The maximum absolute atomic E-state index is 6.50. The molecule has 1 fully saturated rings. The normalized spacial score (nSPS) is 33.4. The average Bonchev–Trinajstić information content (AvgIpc) is 2.46. The third-order valence-corrected chi connectivity index (χ3v) is 5.17. The third-order valence-electron chi connectivity index (χ3n) is 5.17. The van der Waals surface area contributed by atoms with E-state index in [1.54, 1.807) is 0 Å². The van der Waals surface area contributed by atoms with Crippen molar-refractivity contribution in [3.8, 4) is 5.75 Å². The second kappa shape index (κ2) is 6.08. The van der Waals surface area contributed by atoms with Crippen LogP contribution in [0.1, 0.15) is 65.0 Å². The lowest BCUT2D eigenvalue weighted by atomic mass is 9.72. The molecule has 0 amide bonds. The lowest BCUT2D eigenvalue weighted by Gasteiger charge is -2.50. The van der Waals surface area contributed by atoms with Crippen LogP contribution in [0.25, 0.3) is 0 Å². The Kier molecular flexibility index (Phi) is 4.31. The molecule has 0 spiro atoms. The Bertz CT molecular complexity index is 559. The van der Waals surface area contributed by atoms with Gasteiger partial charge in [0.1, 0.15) is 11.4 Å². The molecule has 2 aliphatic rings. The first-order chi connectivity index (χ1) is 10.5. The van der Waals surface area contributed by atoms with Crippen LogP contribution in [-0.4, -0.2) is 11.7 Å². The lowest BCUT2D eigenvalue weighted by Crippen LogP contribution is -2.50. The highest BCUT2D eigenvalue weighted by Gasteiger charge is 2.48. The van der Waals surface area contributed by atoms with E-state index in [1.165, 1.54) is 17.6 Å². The van der Waals surface area contributed by atoms with E-state index in [-0.39, 0.29) is 11.7 Å². The van der Waals surface area contributed by atoms with E-state index in [0.717, 1.165) is 25.0 Å².